The fourth-order valence-electron chi connectivity index (χ4n) is 2.72. The van der Waals surface area contributed by atoms with Crippen LogP contribution in [-0.2, 0) is 9.53 Å². The molecule has 0 spiro atoms. The molecular weight excluding hydrogens is 390 g/mol. The van der Waals surface area contributed by atoms with Crippen LogP contribution in [0, 0.1) is 5.92 Å². The molecule has 1 heterocycles. The van der Waals surface area contributed by atoms with E-state index in [0.29, 0.717) is 0 Å². The van der Waals surface area contributed by atoms with Gasteiger partial charge < -0.3 is 25.4 Å². The molecule has 1 aliphatic carbocycles. The number of amides is 2. The summed E-state index contributed by atoms with van der Waals surface area (Å²) >= 11 is 0. The number of ether oxygens (including phenoxy) is 2. The zero-order valence-electron chi connectivity index (χ0n) is 19.4. The Balaban J connectivity index is 2.00. The maximum absolute atomic E-state index is 12.5. The van der Waals surface area contributed by atoms with Crippen LogP contribution in [0.5, 0.6) is 5.75 Å². The van der Waals surface area contributed by atoms with Gasteiger partial charge in [-0.05, 0) is 31.9 Å². The van der Waals surface area contributed by atoms with Gasteiger partial charge in [0.05, 0.1) is 25.1 Å². The van der Waals surface area contributed by atoms with Crippen LogP contribution in [0.2, 0.25) is 0 Å². The van der Waals surface area contributed by atoms with Crippen LogP contribution in [0.4, 0.5) is 17.2 Å². The van der Waals surface area contributed by atoms with E-state index in [2.05, 4.69) is 20.8 Å². The molecule has 3 rings (SSSR count). The van der Waals surface area contributed by atoms with Crippen LogP contribution >= 0.6 is 0 Å². The lowest BCUT2D eigenvalue weighted by molar-refractivity contribution is -0.117. The second-order valence-corrected chi connectivity index (χ2v) is 6.44. The van der Waals surface area contributed by atoms with Crippen LogP contribution in [0.3, 0.4) is 0 Å². The zero-order chi connectivity index (χ0) is 24.2. The van der Waals surface area contributed by atoms with Crippen LogP contribution in [0.1, 0.15) is 44.7 Å². The van der Waals surface area contributed by atoms with Crippen molar-refractivity contribution in [2.45, 2.75) is 19.8 Å². The Labute approximate surface area is 177 Å². The van der Waals surface area contributed by atoms with Crippen molar-refractivity contribution < 1.29 is 28.0 Å². The minimum Gasteiger partial charge on any atom is -0.494 e. The number of hydrogen-bond acceptors (Lipinski definition) is 8. The van der Waals surface area contributed by atoms with E-state index in [9.17, 15) is 14.4 Å². The summed E-state index contributed by atoms with van der Waals surface area (Å²) in [5.41, 5.74) is 0.122. The standard InChI is InChI=1S/C20H23N5O5/c1-4-30-20(28)12-6-5-7-13(17(12)29-3)22-14-10-15(23-18(26)11-8-9-11)24-25-16(14)19(27)21-2/h5-7,10-11H,4,8-9H2,1-3H3,(H,21,27)(H2,22,23,24,26)/i2D3. The van der Waals surface area contributed by atoms with E-state index in [1.54, 1.807) is 19.1 Å². The highest BCUT2D eigenvalue weighted by atomic mass is 16.5. The lowest BCUT2D eigenvalue weighted by atomic mass is 10.1. The molecule has 1 aromatic heterocycles. The largest absolute Gasteiger partial charge is 0.494 e. The molecule has 0 saturated heterocycles. The first-order valence-electron chi connectivity index (χ1n) is 10.7. The van der Waals surface area contributed by atoms with Gasteiger partial charge in [0.1, 0.15) is 5.56 Å². The fourth-order valence-corrected chi connectivity index (χ4v) is 2.72. The van der Waals surface area contributed by atoms with E-state index in [-0.39, 0.29) is 52.6 Å². The molecule has 0 atom stereocenters. The first-order valence-corrected chi connectivity index (χ1v) is 9.25. The van der Waals surface area contributed by atoms with Crippen molar-refractivity contribution in [1.29, 1.82) is 0 Å². The van der Waals surface area contributed by atoms with Crippen molar-refractivity contribution in [2.75, 3.05) is 31.3 Å². The van der Waals surface area contributed by atoms with E-state index in [0.717, 1.165) is 12.8 Å². The maximum atomic E-state index is 12.5. The Morgan fingerprint density at radius 3 is 2.70 bits per heavy atom. The topological polar surface area (TPSA) is 132 Å². The van der Waals surface area contributed by atoms with Crippen LogP contribution in [0.25, 0.3) is 0 Å². The van der Waals surface area contributed by atoms with Crippen LogP contribution < -0.4 is 20.7 Å². The van der Waals surface area contributed by atoms with Crippen molar-refractivity contribution >= 4 is 35.0 Å². The molecule has 30 heavy (non-hydrogen) atoms. The van der Waals surface area contributed by atoms with Gasteiger partial charge in [0.25, 0.3) is 5.91 Å². The van der Waals surface area contributed by atoms with Crippen molar-refractivity contribution in [3.05, 3.63) is 35.5 Å². The van der Waals surface area contributed by atoms with Gasteiger partial charge >= 0.3 is 5.97 Å². The number of carbonyl (C=O) groups is 3. The molecule has 0 radical (unpaired) electrons. The number of aromatic nitrogens is 2. The van der Waals surface area contributed by atoms with Gasteiger partial charge in [0.15, 0.2) is 17.3 Å². The van der Waals surface area contributed by atoms with E-state index < -0.39 is 18.9 Å². The van der Waals surface area contributed by atoms with Gasteiger partial charge in [0, 0.05) is 23.1 Å². The Bertz CT molecular complexity index is 1070. The average molecular weight is 416 g/mol. The number of hydrogen-bond donors (Lipinski definition) is 3. The van der Waals surface area contributed by atoms with E-state index >= 15 is 0 Å². The second-order valence-electron chi connectivity index (χ2n) is 6.44. The highest BCUT2D eigenvalue weighted by Gasteiger charge is 2.30. The van der Waals surface area contributed by atoms with Crippen molar-refractivity contribution in [1.82, 2.24) is 15.5 Å². The van der Waals surface area contributed by atoms with Gasteiger partial charge in [0.2, 0.25) is 5.91 Å². The van der Waals surface area contributed by atoms with E-state index in [4.69, 9.17) is 13.6 Å². The lowest BCUT2D eigenvalue weighted by Crippen LogP contribution is -2.22. The molecule has 0 unspecified atom stereocenters. The van der Waals surface area contributed by atoms with Gasteiger partial charge in [-0.15, -0.1) is 10.2 Å². The number of para-hydroxylation sites is 1. The minimum atomic E-state index is -2.75. The molecule has 10 nitrogen and oxygen atoms in total. The number of benzene rings is 1. The summed E-state index contributed by atoms with van der Waals surface area (Å²) in [7, 11) is 1.36. The number of rotatable bonds is 8. The van der Waals surface area contributed by atoms with E-state index in [1.165, 1.54) is 19.2 Å². The van der Waals surface area contributed by atoms with Gasteiger partial charge in [-0.3, -0.25) is 9.59 Å². The summed E-state index contributed by atoms with van der Waals surface area (Å²) in [6.45, 7) is -0.920. The minimum absolute atomic E-state index is 0.0390. The second kappa shape index (κ2) is 9.21. The van der Waals surface area contributed by atoms with Gasteiger partial charge in [-0.25, -0.2) is 4.79 Å². The molecule has 1 fully saturated rings. The van der Waals surface area contributed by atoms with Crippen molar-refractivity contribution in [2.24, 2.45) is 5.92 Å². The Hall–Kier alpha value is -3.69. The third kappa shape index (κ3) is 4.65. The van der Waals surface area contributed by atoms with Gasteiger partial charge in [-0.2, -0.15) is 0 Å². The average Bonchev–Trinajstić information content (AvgIpc) is 3.58. The van der Waals surface area contributed by atoms with Gasteiger partial charge in [-0.1, -0.05) is 6.07 Å². The molecular formula is C20H23N5O5. The zero-order valence-corrected chi connectivity index (χ0v) is 16.4. The van der Waals surface area contributed by atoms with Crippen molar-refractivity contribution in [3.63, 3.8) is 0 Å². The molecule has 3 N–H and O–H groups in total. The number of anilines is 3. The summed E-state index contributed by atoms with van der Waals surface area (Å²) in [6, 6.07) is 6.01. The maximum Gasteiger partial charge on any atom is 0.341 e. The SMILES string of the molecule is [2H]C([2H])([2H])NC(=O)c1nnc(NC(=O)C2CC2)cc1Nc1cccc(C(=O)OCC)c1OC. The Morgan fingerprint density at radius 1 is 1.23 bits per heavy atom. The molecule has 0 aliphatic heterocycles. The monoisotopic (exact) mass is 416 g/mol. The summed E-state index contributed by atoms with van der Waals surface area (Å²) in [5, 5.41) is 15.0. The van der Waals surface area contributed by atoms with Crippen LogP contribution in [-0.4, -0.2) is 48.7 Å². The van der Waals surface area contributed by atoms with Crippen molar-refractivity contribution in [3.8, 4) is 5.75 Å². The highest BCUT2D eigenvalue weighted by Crippen LogP contribution is 2.34. The summed E-state index contributed by atoms with van der Waals surface area (Å²) < 4.78 is 32.2. The summed E-state index contributed by atoms with van der Waals surface area (Å²) in [4.78, 5) is 36.9. The quantitative estimate of drug-likeness (QED) is 0.558. The van der Waals surface area contributed by atoms with E-state index in [1.807, 2.05) is 5.32 Å². The Kier molecular flexibility index (Phi) is 5.28. The summed E-state index contributed by atoms with van der Waals surface area (Å²) in [5.74, 6) is -1.73. The molecule has 1 saturated carbocycles. The molecule has 1 aliphatic rings. The predicted octanol–water partition coefficient (Wildman–Crippen LogP) is 2.11. The number of carbonyl (C=O) groups excluding carboxylic acids is 3. The number of nitrogens with zero attached hydrogens (tertiary/aromatic N) is 2. The normalized spacial score (nSPS) is 14.5. The third-order valence-corrected chi connectivity index (χ3v) is 4.31. The third-order valence-electron chi connectivity index (χ3n) is 4.31. The first kappa shape index (κ1) is 17.2. The number of nitrogens with one attached hydrogen (secondary N) is 3. The van der Waals surface area contributed by atoms with Crippen LogP contribution in [0.15, 0.2) is 24.3 Å². The Morgan fingerprint density at radius 2 is 2.03 bits per heavy atom. The molecule has 0 bridgehead atoms. The molecule has 1 aromatic carbocycles. The number of esters is 1. The molecule has 2 amide bonds. The molecule has 10 heteroatoms. The smallest absolute Gasteiger partial charge is 0.341 e. The highest BCUT2D eigenvalue weighted by molar-refractivity contribution is 6.00. The predicted molar refractivity (Wildman–Crippen MR) is 109 cm³/mol. The fraction of sp³-hybridized carbons (Fsp3) is 0.350. The molecule has 158 valence electrons. The number of methoxy groups -OCH3 is 1. The molecule has 2 aromatic rings. The lowest BCUT2D eigenvalue weighted by Gasteiger charge is -2.16. The first-order chi connectivity index (χ1) is 15.6. The summed E-state index contributed by atoms with van der Waals surface area (Å²) in [6.07, 6.45) is 1.56.